The first-order valence-corrected chi connectivity index (χ1v) is 9.54. The molecule has 4 rings (SSSR count). The van der Waals surface area contributed by atoms with Crippen LogP contribution in [0.1, 0.15) is 18.5 Å². The van der Waals surface area contributed by atoms with Crippen molar-refractivity contribution in [1.82, 2.24) is 5.32 Å². The smallest absolute Gasteiger partial charge is 0.344 e. The maximum atomic E-state index is 12.1. The Morgan fingerprint density at radius 2 is 1.77 bits per heavy atom. The molecule has 0 radical (unpaired) electrons. The number of fused-ring (bicyclic) bond motifs is 2. The Balaban J connectivity index is 1.22. The summed E-state index contributed by atoms with van der Waals surface area (Å²) in [6.45, 7) is 1.37. The van der Waals surface area contributed by atoms with Gasteiger partial charge in [0.15, 0.2) is 24.7 Å². The molecule has 0 aromatic heterocycles. The number of hydrogen-bond donors (Lipinski definition) is 1. The van der Waals surface area contributed by atoms with Crippen LogP contribution in [0.3, 0.4) is 0 Å². The van der Waals surface area contributed by atoms with Crippen LogP contribution < -0.4 is 19.5 Å². The van der Waals surface area contributed by atoms with Crippen molar-refractivity contribution in [1.29, 1.82) is 0 Å². The highest BCUT2D eigenvalue weighted by Gasteiger charge is 2.17. The zero-order valence-electron chi connectivity index (χ0n) is 16.4. The number of ether oxygens (including phenoxy) is 4. The minimum atomic E-state index is -0.617. The lowest BCUT2D eigenvalue weighted by Crippen LogP contribution is -2.31. The van der Waals surface area contributed by atoms with Crippen LogP contribution >= 0.6 is 0 Å². The highest BCUT2D eigenvalue weighted by Crippen LogP contribution is 2.34. The molecular weight excluding hydrogens is 386 g/mol. The summed E-state index contributed by atoms with van der Waals surface area (Å²) >= 11 is 0. The van der Waals surface area contributed by atoms with E-state index in [0.717, 1.165) is 16.3 Å². The molecule has 7 heteroatoms. The number of esters is 1. The van der Waals surface area contributed by atoms with Crippen molar-refractivity contribution in [3.05, 3.63) is 66.2 Å². The Labute approximate surface area is 173 Å². The van der Waals surface area contributed by atoms with Gasteiger partial charge in [-0.2, -0.15) is 0 Å². The standard InChI is InChI=1S/C23H21NO6/c1-15(17-7-9-20-21(11-17)30-14-29-20)24-22(25)12-28-23(26)13-27-19-8-6-16-4-2-3-5-18(16)10-19/h2-11,15H,12-14H2,1H3,(H,24,25)/t15-/m0/s1. The normalized spacial score (nSPS) is 13.0. The van der Waals surface area contributed by atoms with Crippen LogP contribution in [0.25, 0.3) is 10.8 Å². The maximum Gasteiger partial charge on any atom is 0.344 e. The molecule has 154 valence electrons. The summed E-state index contributed by atoms with van der Waals surface area (Å²) in [5.41, 5.74) is 0.860. The lowest BCUT2D eigenvalue weighted by atomic mass is 10.1. The van der Waals surface area contributed by atoms with Gasteiger partial charge in [0.05, 0.1) is 6.04 Å². The molecule has 0 bridgehead atoms. The average molecular weight is 407 g/mol. The quantitative estimate of drug-likeness (QED) is 0.605. The molecule has 0 unspecified atom stereocenters. The molecule has 1 heterocycles. The fraction of sp³-hybridized carbons (Fsp3) is 0.217. The van der Waals surface area contributed by atoms with Gasteiger partial charge >= 0.3 is 5.97 Å². The molecule has 1 aliphatic rings. The van der Waals surface area contributed by atoms with E-state index >= 15 is 0 Å². The molecule has 1 aliphatic heterocycles. The fourth-order valence-corrected chi connectivity index (χ4v) is 3.14. The number of nitrogens with one attached hydrogen (secondary N) is 1. The van der Waals surface area contributed by atoms with Crippen LogP contribution in [-0.2, 0) is 14.3 Å². The molecule has 0 aliphatic carbocycles. The van der Waals surface area contributed by atoms with Gasteiger partial charge in [-0.15, -0.1) is 0 Å². The van der Waals surface area contributed by atoms with E-state index in [9.17, 15) is 9.59 Å². The first kappa shape index (κ1) is 19.6. The number of carbonyl (C=O) groups excluding carboxylic acids is 2. The van der Waals surface area contributed by atoms with Crippen molar-refractivity contribution < 1.29 is 28.5 Å². The second kappa shape index (κ2) is 8.73. The molecule has 0 fully saturated rings. The maximum absolute atomic E-state index is 12.1. The van der Waals surface area contributed by atoms with E-state index < -0.39 is 11.9 Å². The van der Waals surface area contributed by atoms with Gasteiger partial charge in [0.1, 0.15) is 5.75 Å². The van der Waals surface area contributed by atoms with Gasteiger partial charge in [0.25, 0.3) is 5.91 Å². The highest BCUT2D eigenvalue weighted by molar-refractivity contribution is 5.84. The van der Waals surface area contributed by atoms with Crippen molar-refractivity contribution in [2.45, 2.75) is 13.0 Å². The summed E-state index contributed by atoms with van der Waals surface area (Å²) in [6, 6.07) is 18.6. The highest BCUT2D eigenvalue weighted by atomic mass is 16.7. The minimum absolute atomic E-state index is 0.191. The zero-order valence-corrected chi connectivity index (χ0v) is 16.4. The van der Waals surface area contributed by atoms with Gasteiger partial charge in [0.2, 0.25) is 6.79 Å². The van der Waals surface area contributed by atoms with Gasteiger partial charge in [0, 0.05) is 0 Å². The van der Waals surface area contributed by atoms with E-state index in [1.165, 1.54) is 0 Å². The molecule has 0 saturated heterocycles. The predicted molar refractivity (Wildman–Crippen MR) is 110 cm³/mol. The van der Waals surface area contributed by atoms with Crippen molar-refractivity contribution in [2.75, 3.05) is 20.0 Å². The average Bonchev–Trinajstić information content (AvgIpc) is 3.24. The third-order valence-electron chi connectivity index (χ3n) is 4.72. The van der Waals surface area contributed by atoms with E-state index in [1.54, 1.807) is 12.1 Å². The van der Waals surface area contributed by atoms with Crippen molar-refractivity contribution >= 4 is 22.6 Å². The predicted octanol–water partition coefficient (Wildman–Crippen LogP) is 3.37. The molecule has 1 N–H and O–H groups in total. The summed E-state index contributed by atoms with van der Waals surface area (Å²) in [4.78, 5) is 24.0. The lowest BCUT2D eigenvalue weighted by molar-refractivity contribution is -0.150. The van der Waals surface area contributed by atoms with Crippen molar-refractivity contribution in [3.8, 4) is 17.2 Å². The second-order valence-electron chi connectivity index (χ2n) is 6.86. The lowest BCUT2D eigenvalue weighted by Gasteiger charge is -2.15. The van der Waals surface area contributed by atoms with Gasteiger partial charge in [-0.05, 0) is 47.5 Å². The van der Waals surface area contributed by atoms with Crippen molar-refractivity contribution in [2.24, 2.45) is 0 Å². The molecule has 1 amide bonds. The number of rotatable bonds is 7. The molecule has 0 spiro atoms. The number of amides is 1. The van der Waals surface area contributed by atoms with E-state index in [0.29, 0.717) is 17.2 Å². The summed E-state index contributed by atoms with van der Waals surface area (Å²) in [6.07, 6.45) is 0. The Morgan fingerprint density at radius 3 is 2.63 bits per heavy atom. The summed E-state index contributed by atoms with van der Waals surface area (Å²) < 4.78 is 21.1. The fourth-order valence-electron chi connectivity index (χ4n) is 3.14. The molecule has 3 aromatic rings. The minimum Gasteiger partial charge on any atom is -0.482 e. The topological polar surface area (TPSA) is 83.1 Å². The van der Waals surface area contributed by atoms with Crippen LogP contribution in [0.4, 0.5) is 0 Å². The van der Waals surface area contributed by atoms with Crippen LogP contribution in [0.15, 0.2) is 60.7 Å². The molecule has 30 heavy (non-hydrogen) atoms. The van der Waals surface area contributed by atoms with Gasteiger partial charge in [-0.25, -0.2) is 4.79 Å². The summed E-state index contributed by atoms with van der Waals surface area (Å²) in [7, 11) is 0. The van der Waals surface area contributed by atoms with Crippen LogP contribution in [0.5, 0.6) is 17.2 Å². The monoisotopic (exact) mass is 407 g/mol. The SMILES string of the molecule is C[C@H](NC(=O)COC(=O)COc1ccc2ccccc2c1)c1ccc2c(c1)OCO2. The first-order chi connectivity index (χ1) is 14.6. The number of carbonyl (C=O) groups is 2. The largest absolute Gasteiger partial charge is 0.482 e. The number of benzene rings is 3. The summed E-state index contributed by atoms with van der Waals surface area (Å²) in [5, 5.41) is 4.88. The molecule has 7 nitrogen and oxygen atoms in total. The van der Waals surface area contributed by atoms with E-state index in [-0.39, 0.29) is 26.0 Å². The molecule has 3 aromatic carbocycles. The van der Waals surface area contributed by atoms with Crippen LogP contribution in [-0.4, -0.2) is 31.9 Å². The Kier molecular flexibility index (Phi) is 5.70. The summed E-state index contributed by atoms with van der Waals surface area (Å²) in [5.74, 6) is 0.864. The second-order valence-corrected chi connectivity index (χ2v) is 6.86. The molecule has 0 saturated carbocycles. The number of hydrogen-bond acceptors (Lipinski definition) is 6. The van der Waals surface area contributed by atoms with E-state index in [4.69, 9.17) is 18.9 Å². The molecule has 1 atom stereocenters. The van der Waals surface area contributed by atoms with E-state index in [2.05, 4.69) is 5.32 Å². The van der Waals surface area contributed by atoms with Crippen molar-refractivity contribution in [3.63, 3.8) is 0 Å². The van der Waals surface area contributed by atoms with E-state index in [1.807, 2.05) is 55.5 Å². The van der Waals surface area contributed by atoms with Gasteiger partial charge in [-0.1, -0.05) is 36.4 Å². The zero-order chi connectivity index (χ0) is 20.9. The van der Waals surface area contributed by atoms with Gasteiger partial charge < -0.3 is 24.3 Å². The van der Waals surface area contributed by atoms with Crippen LogP contribution in [0, 0.1) is 0 Å². The molecular formula is C23H21NO6. The first-order valence-electron chi connectivity index (χ1n) is 9.54. The Bertz CT molecular complexity index is 1080. The third kappa shape index (κ3) is 4.63. The third-order valence-corrected chi connectivity index (χ3v) is 4.72. The Morgan fingerprint density at radius 1 is 0.967 bits per heavy atom. The van der Waals surface area contributed by atoms with Crippen LogP contribution in [0.2, 0.25) is 0 Å². The van der Waals surface area contributed by atoms with Gasteiger partial charge in [-0.3, -0.25) is 4.79 Å². The Hall–Kier alpha value is -3.74.